The highest BCUT2D eigenvalue weighted by Gasteiger charge is 2.34. The normalized spacial score (nSPS) is 19.7. The molecule has 0 aromatic heterocycles. The highest BCUT2D eigenvalue weighted by atomic mass is 16.4. The molecule has 10 N–H and O–H groups in total. The van der Waals surface area contributed by atoms with Gasteiger partial charge in [-0.15, -0.1) is 0 Å². The molecule has 1 rings (SSSR count). The Balaban J connectivity index is 2.96. The first kappa shape index (κ1) is 29.1. The van der Waals surface area contributed by atoms with Crippen LogP contribution in [0.15, 0.2) is 4.99 Å². The van der Waals surface area contributed by atoms with E-state index in [1.807, 2.05) is 0 Å². The Hall–Kier alpha value is -2.93. The molecule has 0 aliphatic carbocycles. The van der Waals surface area contributed by atoms with Gasteiger partial charge in [0.1, 0.15) is 18.1 Å². The molecule has 0 saturated carbocycles. The Kier molecular flexibility index (Phi) is 12.3. The van der Waals surface area contributed by atoms with Crippen LogP contribution in [0.2, 0.25) is 0 Å². The predicted molar refractivity (Wildman–Crippen MR) is 125 cm³/mol. The maximum absolute atomic E-state index is 12.9. The zero-order valence-electron chi connectivity index (χ0n) is 20.0. The summed E-state index contributed by atoms with van der Waals surface area (Å²) in [5.74, 6) is -3.54. The first-order valence-electron chi connectivity index (χ1n) is 11.6. The molecule has 194 valence electrons. The van der Waals surface area contributed by atoms with Crippen molar-refractivity contribution in [2.45, 2.75) is 83.1 Å². The predicted octanol–water partition coefficient (Wildman–Crippen LogP) is -2.24. The van der Waals surface area contributed by atoms with Gasteiger partial charge in [0.05, 0.1) is 12.1 Å². The van der Waals surface area contributed by atoms with Gasteiger partial charge in [0.15, 0.2) is 5.96 Å². The van der Waals surface area contributed by atoms with E-state index in [9.17, 15) is 29.4 Å². The second-order valence-electron chi connectivity index (χ2n) is 8.60. The number of aliphatic imine (C=N–C) groups is 1. The number of carbonyl (C=O) groups is 4. The lowest BCUT2D eigenvalue weighted by Gasteiger charge is -2.27. The Morgan fingerprint density at radius 1 is 1.09 bits per heavy atom. The number of hydrogen-bond acceptors (Lipinski definition) is 7. The Morgan fingerprint density at radius 3 is 2.26 bits per heavy atom. The first-order valence-corrected chi connectivity index (χ1v) is 11.6. The van der Waals surface area contributed by atoms with Crippen LogP contribution in [0.1, 0.15) is 52.9 Å². The summed E-state index contributed by atoms with van der Waals surface area (Å²) >= 11 is 0. The maximum Gasteiger partial charge on any atom is 0.326 e. The van der Waals surface area contributed by atoms with Crippen LogP contribution in [0.4, 0.5) is 0 Å². The fourth-order valence-electron chi connectivity index (χ4n) is 3.54. The molecule has 34 heavy (non-hydrogen) atoms. The lowest BCUT2D eigenvalue weighted by atomic mass is 9.98. The monoisotopic (exact) mass is 485 g/mol. The van der Waals surface area contributed by atoms with Crippen molar-refractivity contribution in [2.75, 3.05) is 13.1 Å². The van der Waals surface area contributed by atoms with Crippen LogP contribution in [0.25, 0.3) is 0 Å². The molecule has 1 aliphatic heterocycles. The Labute approximate surface area is 199 Å². The van der Waals surface area contributed by atoms with Gasteiger partial charge < -0.3 is 42.9 Å². The second kappa shape index (κ2) is 14.4. The van der Waals surface area contributed by atoms with Crippen LogP contribution in [0.5, 0.6) is 0 Å². The number of amides is 3. The summed E-state index contributed by atoms with van der Waals surface area (Å²) < 4.78 is 0. The van der Waals surface area contributed by atoms with E-state index < -0.39 is 54.0 Å². The second-order valence-corrected chi connectivity index (χ2v) is 8.60. The average molecular weight is 486 g/mol. The summed E-state index contributed by atoms with van der Waals surface area (Å²) in [5, 5.41) is 30.1. The van der Waals surface area contributed by atoms with Gasteiger partial charge >= 0.3 is 5.97 Å². The number of carbonyl (C=O) groups excluding carboxylic acids is 3. The maximum atomic E-state index is 12.9. The van der Waals surface area contributed by atoms with Gasteiger partial charge in [0.25, 0.3) is 0 Å². The van der Waals surface area contributed by atoms with Crippen molar-refractivity contribution < 1.29 is 29.4 Å². The number of carboxylic acids is 1. The van der Waals surface area contributed by atoms with E-state index in [4.69, 9.17) is 11.5 Å². The third-order valence-corrected chi connectivity index (χ3v) is 5.79. The third kappa shape index (κ3) is 9.51. The Morgan fingerprint density at radius 2 is 1.76 bits per heavy atom. The zero-order valence-corrected chi connectivity index (χ0v) is 20.0. The minimum atomic E-state index is -1.30. The lowest BCUT2D eigenvalue weighted by Crippen LogP contribution is -2.60. The smallest absolute Gasteiger partial charge is 0.326 e. The van der Waals surface area contributed by atoms with Crippen molar-refractivity contribution in [3.05, 3.63) is 0 Å². The number of aliphatic carboxylic acids is 1. The van der Waals surface area contributed by atoms with E-state index in [2.05, 4.69) is 26.3 Å². The quantitative estimate of drug-likeness (QED) is 0.0755. The van der Waals surface area contributed by atoms with E-state index in [0.29, 0.717) is 25.8 Å². The highest BCUT2D eigenvalue weighted by Crippen LogP contribution is 2.10. The molecule has 1 fully saturated rings. The minimum absolute atomic E-state index is 0.103. The van der Waals surface area contributed by atoms with Crippen LogP contribution < -0.4 is 32.7 Å². The minimum Gasteiger partial charge on any atom is -0.480 e. The number of rotatable bonds is 14. The van der Waals surface area contributed by atoms with Crippen molar-refractivity contribution in [3.63, 3.8) is 0 Å². The summed E-state index contributed by atoms with van der Waals surface area (Å²) in [7, 11) is 0. The molecule has 0 spiro atoms. The molecule has 3 amide bonds. The fraction of sp³-hybridized carbons (Fsp3) is 0.762. The molecule has 13 nitrogen and oxygen atoms in total. The fourth-order valence-corrected chi connectivity index (χ4v) is 3.54. The van der Waals surface area contributed by atoms with Gasteiger partial charge in [-0.05, 0) is 45.1 Å². The molecule has 0 aromatic carbocycles. The van der Waals surface area contributed by atoms with Crippen LogP contribution in [0, 0.1) is 5.92 Å². The number of nitrogens with two attached hydrogens (primary N) is 2. The summed E-state index contributed by atoms with van der Waals surface area (Å²) in [6.07, 6.45) is 1.14. The summed E-state index contributed by atoms with van der Waals surface area (Å²) in [5.41, 5.74) is 10.6. The van der Waals surface area contributed by atoms with Gasteiger partial charge in [-0.2, -0.15) is 0 Å². The summed E-state index contributed by atoms with van der Waals surface area (Å²) in [6.45, 7) is 5.73. The Bertz CT molecular complexity index is 735. The molecule has 13 heteroatoms. The first-order chi connectivity index (χ1) is 16.0. The molecule has 1 heterocycles. The van der Waals surface area contributed by atoms with E-state index in [-0.39, 0.29) is 24.8 Å². The van der Waals surface area contributed by atoms with Crippen LogP contribution >= 0.6 is 0 Å². The number of guanidine groups is 1. The van der Waals surface area contributed by atoms with Crippen molar-refractivity contribution in [1.82, 2.24) is 21.3 Å². The SMILES string of the molecule is CCC(C)C(NC(=O)C(CCCN=C(N)N)NC(=O)C(NC(=O)C1CCCN1)C(C)O)C(=O)O. The van der Waals surface area contributed by atoms with Crippen LogP contribution in [-0.2, 0) is 19.2 Å². The van der Waals surface area contributed by atoms with Crippen molar-refractivity contribution in [2.24, 2.45) is 22.4 Å². The standard InChI is InChI=1S/C21H39N7O6/c1-4-11(2)15(20(33)34)27-18(31)14(8-6-10-25-21(22)23)26-19(32)16(12(3)29)28-17(30)13-7-5-9-24-13/h11-16,24,29H,4-10H2,1-3H3,(H,26,32)(H,27,31)(H,28,30)(H,33,34)(H4,22,23,25). The van der Waals surface area contributed by atoms with E-state index in [0.717, 1.165) is 6.42 Å². The van der Waals surface area contributed by atoms with Gasteiger partial charge in [0, 0.05) is 6.54 Å². The molecule has 6 atom stereocenters. The van der Waals surface area contributed by atoms with Gasteiger partial charge in [-0.25, -0.2) is 4.79 Å². The molecule has 0 bridgehead atoms. The van der Waals surface area contributed by atoms with Crippen LogP contribution in [0.3, 0.4) is 0 Å². The zero-order chi connectivity index (χ0) is 25.8. The van der Waals surface area contributed by atoms with E-state index in [1.165, 1.54) is 6.92 Å². The van der Waals surface area contributed by atoms with Crippen LogP contribution in [-0.4, -0.2) is 83.2 Å². The van der Waals surface area contributed by atoms with Crippen molar-refractivity contribution in [1.29, 1.82) is 0 Å². The number of nitrogens with zero attached hydrogens (tertiary/aromatic N) is 1. The summed E-state index contributed by atoms with van der Waals surface area (Å²) in [6, 6.07) is -4.03. The molecule has 1 aliphatic rings. The van der Waals surface area contributed by atoms with Gasteiger partial charge in [-0.1, -0.05) is 20.3 Å². The average Bonchev–Trinajstić information content (AvgIpc) is 3.31. The largest absolute Gasteiger partial charge is 0.480 e. The molecule has 0 radical (unpaired) electrons. The van der Waals surface area contributed by atoms with Crippen molar-refractivity contribution in [3.8, 4) is 0 Å². The number of aliphatic hydroxyl groups is 1. The third-order valence-electron chi connectivity index (χ3n) is 5.79. The molecular weight excluding hydrogens is 446 g/mol. The molecule has 0 aromatic rings. The molecule has 1 saturated heterocycles. The lowest BCUT2D eigenvalue weighted by molar-refractivity contribution is -0.144. The number of aliphatic hydroxyl groups excluding tert-OH is 1. The van der Waals surface area contributed by atoms with E-state index >= 15 is 0 Å². The topological polar surface area (TPSA) is 221 Å². The number of nitrogens with one attached hydrogen (secondary N) is 4. The van der Waals surface area contributed by atoms with E-state index in [1.54, 1.807) is 13.8 Å². The summed E-state index contributed by atoms with van der Waals surface area (Å²) in [4.78, 5) is 53.8. The number of carboxylic acid groups (broad SMARTS) is 1. The highest BCUT2D eigenvalue weighted by molar-refractivity contribution is 5.94. The molecular formula is C21H39N7O6. The van der Waals surface area contributed by atoms with Gasteiger partial charge in [-0.3, -0.25) is 19.4 Å². The molecule has 6 unspecified atom stereocenters. The van der Waals surface area contributed by atoms with Crippen molar-refractivity contribution >= 4 is 29.7 Å². The van der Waals surface area contributed by atoms with Gasteiger partial charge in [0.2, 0.25) is 17.7 Å². The number of hydrogen-bond donors (Lipinski definition) is 8.